The van der Waals surface area contributed by atoms with Gasteiger partial charge in [-0.3, -0.25) is 14.4 Å². The first kappa shape index (κ1) is 32.3. The molecule has 1 atom stereocenters. The summed E-state index contributed by atoms with van der Waals surface area (Å²) in [6, 6.07) is 12.8. The van der Waals surface area contributed by atoms with Crippen molar-refractivity contribution < 1.29 is 19.1 Å². The van der Waals surface area contributed by atoms with Gasteiger partial charge in [0.05, 0.1) is 22.7 Å². The predicted octanol–water partition coefficient (Wildman–Crippen LogP) is 7.22. The Bertz CT molecular complexity index is 1190. The van der Waals surface area contributed by atoms with E-state index in [-0.39, 0.29) is 23.5 Å². The van der Waals surface area contributed by atoms with Crippen LogP contribution in [-0.2, 0) is 27.2 Å². The molecule has 1 aliphatic carbocycles. The Morgan fingerprint density at radius 1 is 0.929 bits per heavy atom. The van der Waals surface area contributed by atoms with Crippen LogP contribution in [0.15, 0.2) is 42.5 Å². The number of hydrogen-bond donors (Lipinski definition) is 1. The molecule has 0 radical (unpaired) electrons. The number of likely N-dealkylation sites (tertiary alicyclic amines) is 1. The molecule has 2 amide bonds. The lowest BCUT2D eigenvalue weighted by Crippen LogP contribution is -2.44. The van der Waals surface area contributed by atoms with Gasteiger partial charge < -0.3 is 15.0 Å². The van der Waals surface area contributed by atoms with Gasteiger partial charge in [-0.15, -0.1) is 0 Å². The summed E-state index contributed by atoms with van der Waals surface area (Å²) in [7, 11) is 0. The highest BCUT2D eigenvalue weighted by Crippen LogP contribution is 2.33. The molecule has 2 aromatic carbocycles. The Labute approximate surface area is 260 Å². The molecular formula is C34H44Cl2N2O4. The molecule has 0 bridgehead atoms. The topological polar surface area (TPSA) is 75.7 Å². The van der Waals surface area contributed by atoms with E-state index < -0.39 is 6.04 Å². The normalized spacial score (nSPS) is 16.2. The van der Waals surface area contributed by atoms with Crippen molar-refractivity contribution in [2.24, 2.45) is 11.8 Å². The molecular weight excluding hydrogens is 571 g/mol. The number of rotatable bonds is 16. The number of benzene rings is 2. The van der Waals surface area contributed by atoms with Crippen LogP contribution in [0.3, 0.4) is 0 Å². The molecule has 6 nitrogen and oxygen atoms in total. The van der Waals surface area contributed by atoms with Gasteiger partial charge in [-0.25, -0.2) is 0 Å². The number of ketones is 1. The fraction of sp³-hybridized carbons (Fsp3) is 0.559. The molecule has 42 heavy (non-hydrogen) atoms. The molecule has 8 heteroatoms. The molecule has 2 aliphatic rings. The van der Waals surface area contributed by atoms with E-state index in [4.69, 9.17) is 27.9 Å². The monoisotopic (exact) mass is 614 g/mol. The van der Waals surface area contributed by atoms with Crippen molar-refractivity contribution in [1.82, 2.24) is 10.2 Å². The summed E-state index contributed by atoms with van der Waals surface area (Å²) < 4.78 is 5.77. The molecule has 1 saturated carbocycles. The van der Waals surface area contributed by atoms with Crippen LogP contribution < -0.4 is 10.1 Å². The number of aryl methyl sites for hydroxylation is 1. The van der Waals surface area contributed by atoms with Crippen LogP contribution in [0.5, 0.6) is 5.75 Å². The van der Waals surface area contributed by atoms with Gasteiger partial charge in [-0.2, -0.15) is 0 Å². The van der Waals surface area contributed by atoms with Crippen molar-refractivity contribution in [2.75, 3.05) is 19.7 Å². The number of piperidine rings is 1. The highest BCUT2D eigenvalue weighted by Gasteiger charge is 2.28. The zero-order valence-electron chi connectivity index (χ0n) is 24.7. The number of nitrogens with zero attached hydrogens (tertiary/aromatic N) is 1. The lowest BCUT2D eigenvalue weighted by Gasteiger charge is -2.32. The average molecular weight is 616 g/mol. The molecule has 4 rings (SSSR count). The van der Waals surface area contributed by atoms with E-state index in [1.54, 1.807) is 6.07 Å². The van der Waals surface area contributed by atoms with Crippen molar-refractivity contribution in [1.29, 1.82) is 0 Å². The van der Waals surface area contributed by atoms with E-state index in [1.807, 2.05) is 41.3 Å². The second-order valence-corrected chi connectivity index (χ2v) is 12.7. The van der Waals surface area contributed by atoms with Crippen LogP contribution >= 0.6 is 23.2 Å². The minimum absolute atomic E-state index is 0.0799. The third kappa shape index (κ3) is 10.6. The van der Waals surface area contributed by atoms with E-state index in [2.05, 4.69) is 12.2 Å². The van der Waals surface area contributed by atoms with E-state index in [9.17, 15) is 14.4 Å². The smallest absolute Gasteiger partial charge is 0.222 e. The minimum Gasteiger partial charge on any atom is -0.494 e. The summed E-state index contributed by atoms with van der Waals surface area (Å²) in [5, 5.41) is 4.08. The maximum absolute atomic E-state index is 13.2. The van der Waals surface area contributed by atoms with Gasteiger partial charge in [0.2, 0.25) is 11.8 Å². The quantitative estimate of drug-likeness (QED) is 0.202. The number of carbonyl (C=O) groups excluding carboxylic acids is 3. The first-order valence-electron chi connectivity index (χ1n) is 15.6. The highest BCUT2D eigenvalue weighted by atomic mass is 35.5. The van der Waals surface area contributed by atoms with Crippen molar-refractivity contribution in [2.45, 2.75) is 90.0 Å². The Balaban J connectivity index is 1.23. The van der Waals surface area contributed by atoms with Gasteiger partial charge in [0.25, 0.3) is 0 Å². The summed E-state index contributed by atoms with van der Waals surface area (Å²) in [6.45, 7) is 4.12. The third-order valence-electron chi connectivity index (χ3n) is 8.40. The number of nitrogens with one attached hydrogen (secondary N) is 1. The lowest BCUT2D eigenvalue weighted by atomic mass is 9.92. The van der Waals surface area contributed by atoms with Crippen LogP contribution in [0.2, 0.25) is 10.0 Å². The highest BCUT2D eigenvalue weighted by molar-refractivity contribution is 6.42. The average Bonchev–Trinajstić information content (AvgIpc) is 3.82. The van der Waals surface area contributed by atoms with Crippen LogP contribution in [0.4, 0.5) is 0 Å². The largest absolute Gasteiger partial charge is 0.494 e. The molecule has 0 unspecified atom stereocenters. The number of Topliss-reactive ketones (excluding diaryl/α,β-unsaturated/α-hetero) is 1. The Hall–Kier alpha value is -2.57. The molecule has 1 heterocycles. The minimum atomic E-state index is -0.522. The molecule has 1 N–H and O–H groups in total. The molecule has 0 aromatic heterocycles. The second-order valence-electron chi connectivity index (χ2n) is 11.9. The third-order valence-corrected chi connectivity index (χ3v) is 9.14. The summed E-state index contributed by atoms with van der Waals surface area (Å²) in [6.07, 6.45) is 9.39. The predicted molar refractivity (Wildman–Crippen MR) is 168 cm³/mol. The van der Waals surface area contributed by atoms with Gasteiger partial charge in [0.1, 0.15) is 5.75 Å². The fourth-order valence-electron chi connectivity index (χ4n) is 5.47. The second kappa shape index (κ2) is 16.3. The molecule has 1 aliphatic heterocycles. The SMILES string of the molecule is CCCCOc1ccc(C[C@H](NC(=O)CC2CCN(C(=O)CCc3ccc(Cl)c(Cl)c3)CC2)C(=O)CCC2CC2)cc1. The maximum Gasteiger partial charge on any atom is 0.222 e. The number of amides is 2. The van der Waals surface area contributed by atoms with Gasteiger partial charge in [-0.05, 0) is 85.8 Å². The van der Waals surface area contributed by atoms with Crippen molar-refractivity contribution >= 4 is 40.8 Å². The Morgan fingerprint density at radius 2 is 1.64 bits per heavy atom. The van der Waals surface area contributed by atoms with Crippen LogP contribution in [0.1, 0.15) is 82.3 Å². The lowest BCUT2D eigenvalue weighted by molar-refractivity contribution is -0.133. The number of ether oxygens (including phenoxy) is 1. The van der Waals surface area contributed by atoms with E-state index in [0.29, 0.717) is 67.8 Å². The van der Waals surface area contributed by atoms with Gasteiger partial charge >= 0.3 is 0 Å². The number of unbranched alkanes of at least 4 members (excludes halogenated alkanes) is 1. The first-order valence-corrected chi connectivity index (χ1v) is 16.3. The summed E-state index contributed by atoms with van der Waals surface area (Å²) >= 11 is 12.1. The van der Waals surface area contributed by atoms with Crippen molar-refractivity contribution in [3.8, 4) is 5.75 Å². The zero-order chi connectivity index (χ0) is 29.9. The van der Waals surface area contributed by atoms with Crippen LogP contribution in [0, 0.1) is 11.8 Å². The van der Waals surface area contributed by atoms with E-state index in [1.165, 1.54) is 12.8 Å². The molecule has 228 valence electrons. The van der Waals surface area contributed by atoms with Gasteiger partial charge in [-0.1, -0.05) is 67.6 Å². The van der Waals surface area contributed by atoms with Gasteiger partial charge in [0, 0.05) is 32.4 Å². The summed E-state index contributed by atoms with van der Waals surface area (Å²) in [5.41, 5.74) is 2.00. The fourth-order valence-corrected chi connectivity index (χ4v) is 5.79. The molecule has 1 saturated heterocycles. The van der Waals surface area contributed by atoms with Crippen LogP contribution in [-0.4, -0.2) is 48.2 Å². The van der Waals surface area contributed by atoms with Crippen LogP contribution in [0.25, 0.3) is 0 Å². The Morgan fingerprint density at radius 3 is 2.31 bits per heavy atom. The maximum atomic E-state index is 13.2. The summed E-state index contributed by atoms with van der Waals surface area (Å²) in [4.78, 5) is 41.0. The zero-order valence-corrected chi connectivity index (χ0v) is 26.2. The first-order chi connectivity index (χ1) is 20.3. The molecule has 0 spiro atoms. The number of carbonyl (C=O) groups is 3. The van der Waals surface area contributed by atoms with Gasteiger partial charge in [0.15, 0.2) is 5.78 Å². The number of halogens is 2. The molecule has 2 fully saturated rings. The Kier molecular flexibility index (Phi) is 12.6. The van der Waals surface area contributed by atoms with Crippen molar-refractivity contribution in [3.05, 3.63) is 63.6 Å². The molecule has 2 aromatic rings. The summed E-state index contributed by atoms with van der Waals surface area (Å²) in [5.74, 6) is 1.84. The van der Waals surface area contributed by atoms with Crippen molar-refractivity contribution in [3.63, 3.8) is 0 Å². The van der Waals surface area contributed by atoms with E-state index in [0.717, 1.165) is 49.0 Å². The van der Waals surface area contributed by atoms with E-state index >= 15 is 0 Å². The number of hydrogen-bond acceptors (Lipinski definition) is 4. The standard InChI is InChI=1S/C34H44Cl2N2O4/c1-2-3-20-42-28-11-6-26(7-12-28)22-31(32(39)14-9-24-4-5-24)37-33(40)23-27-16-18-38(19-17-27)34(41)15-10-25-8-13-29(35)30(36)21-25/h6-8,11-13,21,24,27,31H,2-5,9-10,14-20,22-23H2,1H3,(H,37,40)/t31-/m0/s1.